The van der Waals surface area contributed by atoms with Crippen LogP contribution in [0.4, 0.5) is 0 Å². The van der Waals surface area contributed by atoms with E-state index in [0.717, 1.165) is 18.5 Å². The lowest BCUT2D eigenvalue weighted by molar-refractivity contribution is 0.602. The maximum Gasteiger partial charge on any atom is 0.0677 e. The maximum absolute atomic E-state index is 6.34. The molecule has 3 rings (SSSR count). The summed E-state index contributed by atoms with van der Waals surface area (Å²) in [6.07, 6.45) is 8.87. The minimum atomic E-state index is -0.00814. The highest BCUT2D eigenvalue weighted by Gasteiger charge is 2.19. The molecular weight excluding hydrogens is 242 g/mol. The molecule has 3 nitrogen and oxygen atoms in total. The molecule has 4 heteroatoms. The molecule has 1 aliphatic rings. The summed E-state index contributed by atoms with van der Waals surface area (Å²) in [6.45, 7) is 3.12. The normalized spacial score (nSPS) is 15.9. The first-order valence-electron chi connectivity index (χ1n) is 6.67. The molecule has 0 aromatic carbocycles. The molecule has 1 atom stereocenters. The van der Waals surface area contributed by atoms with Crippen molar-refractivity contribution in [1.29, 1.82) is 0 Å². The van der Waals surface area contributed by atoms with Gasteiger partial charge in [0.25, 0.3) is 0 Å². The minimum absolute atomic E-state index is 0.00814. The Morgan fingerprint density at radius 3 is 3.17 bits per heavy atom. The first kappa shape index (κ1) is 11.9. The predicted octanol–water partition coefficient (Wildman–Crippen LogP) is 2.89. The third kappa shape index (κ3) is 2.10. The van der Waals surface area contributed by atoms with Crippen molar-refractivity contribution in [3.05, 3.63) is 39.3 Å². The highest BCUT2D eigenvalue weighted by molar-refractivity contribution is 7.12. The summed E-state index contributed by atoms with van der Waals surface area (Å²) >= 11 is 1.89. The lowest BCUT2D eigenvalue weighted by Crippen LogP contribution is -2.09. The Labute approximate surface area is 112 Å². The van der Waals surface area contributed by atoms with E-state index >= 15 is 0 Å². The van der Waals surface area contributed by atoms with Crippen LogP contribution in [0.25, 0.3) is 0 Å². The molecule has 2 aromatic rings. The molecule has 0 fully saturated rings. The second-order valence-corrected chi connectivity index (χ2v) is 6.13. The Kier molecular flexibility index (Phi) is 3.22. The average molecular weight is 261 g/mol. The lowest BCUT2D eigenvalue weighted by Gasteiger charge is -2.06. The van der Waals surface area contributed by atoms with Crippen molar-refractivity contribution in [2.24, 2.45) is 5.73 Å². The summed E-state index contributed by atoms with van der Waals surface area (Å²) in [5.41, 5.74) is 8.99. The summed E-state index contributed by atoms with van der Waals surface area (Å²) in [6, 6.07) is 2.29. The largest absolute Gasteiger partial charge is 0.320 e. The minimum Gasteiger partial charge on any atom is -0.320 e. The van der Waals surface area contributed by atoms with Crippen LogP contribution in [0.1, 0.15) is 46.7 Å². The van der Waals surface area contributed by atoms with Gasteiger partial charge in [-0.2, -0.15) is 5.10 Å². The van der Waals surface area contributed by atoms with Gasteiger partial charge in [-0.3, -0.25) is 4.68 Å². The quantitative estimate of drug-likeness (QED) is 0.919. The number of aryl methyl sites for hydroxylation is 3. The van der Waals surface area contributed by atoms with Crippen molar-refractivity contribution in [2.45, 2.75) is 45.2 Å². The van der Waals surface area contributed by atoms with Crippen molar-refractivity contribution >= 4 is 11.3 Å². The van der Waals surface area contributed by atoms with E-state index in [1.807, 2.05) is 22.2 Å². The number of nitrogens with two attached hydrogens (primary N) is 1. The Hall–Kier alpha value is -1.13. The van der Waals surface area contributed by atoms with Gasteiger partial charge in [-0.25, -0.2) is 0 Å². The van der Waals surface area contributed by atoms with Crippen molar-refractivity contribution in [3.8, 4) is 0 Å². The van der Waals surface area contributed by atoms with Gasteiger partial charge in [0.1, 0.15) is 0 Å². The molecule has 0 radical (unpaired) electrons. The Bertz CT molecular complexity index is 519. The molecule has 0 amide bonds. The van der Waals surface area contributed by atoms with Crippen LogP contribution in [0.3, 0.4) is 0 Å². The van der Waals surface area contributed by atoms with Gasteiger partial charge in [0.15, 0.2) is 0 Å². The van der Waals surface area contributed by atoms with E-state index in [0.29, 0.717) is 0 Å². The molecule has 0 bridgehead atoms. The van der Waals surface area contributed by atoms with Gasteiger partial charge in [0, 0.05) is 28.1 Å². The predicted molar refractivity (Wildman–Crippen MR) is 74.9 cm³/mol. The van der Waals surface area contributed by atoms with Crippen LogP contribution >= 0.6 is 11.3 Å². The van der Waals surface area contributed by atoms with Crippen molar-refractivity contribution < 1.29 is 0 Å². The van der Waals surface area contributed by atoms with Crippen molar-refractivity contribution in [3.63, 3.8) is 0 Å². The number of fused-ring (bicyclic) bond motifs is 1. The van der Waals surface area contributed by atoms with E-state index in [-0.39, 0.29) is 6.04 Å². The first-order valence-corrected chi connectivity index (χ1v) is 7.49. The summed E-state index contributed by atoms with van der Waals surface area (Å²) in [7, 11) is 0. The van der Waals surface area contributed by atoms with Crippen molar-refractivity contribution in [2.75, 3.05) is 0 Å². The SMILES string of the molecule is CCCn1cc(C(N)c2cc3c(s2)CCC3)cn1. The standard InChI is InChI=1S/C14H19N3S/c1-2-6-17-9-11(8-16-17)14(15)13-7-10-4-3-5-12(10)18-13/h7-9,14H,2-6,15H2,1H3. The Morgan fingerprint density at radius 1 is 1.50 bits per heavy atom. The molecule has 1 aliphatic carbocycles. The van der Waals surface area contributed by atoms with Gasteiger partial charge in [0.05, 0.1) is 12.2 Å². The van der Waals surface area contributed by atoms with Gasteiger partial charge in [-0.15, -0.1) is 11.3 Å². The fraction of sp³-hybridized carbons (Fsp3) is 0.500. The molecule has 2 aromatic heterocycles. The van der Waals surface area contributed by atoms with Gasteiger partial charge in [-0.1, -0.05) is 6.92 Å². The van der Waals surface area contributed by atoms with Crippen LogP contribution in [-0.4, -0.2) is 9.78 Å². The molecule has 18 heavy (non-hydrogen) atoms. The molecule has 2 heterocycles. The molecule has 2 N–H and O–H groups in total. The number of hydrogen-bond acceptors (Lipinski definition) is 3. The van der Waals surface area contributed by atoms with Crippen LogP contribution < -0.4 is 5.73 Å². The Morgan fingerprint density at radius 2 is 2.39 bits per heavy atom. The highest BCUT2D eigenvalue weighted by Crippen LogP contribution is 2.34. The van der Waals surface area contributed by atoms with Crippen LogP contribution in [0, 0.1) is 0 Å². The summed E-state index contributed by atoms with van der Waals surface area (Å²) in [4.78, 5) is 2.83. The molecule has 1 unspecified atom stereocenters. The van der Waals surface area contributed by atoms with Crippen molar-refractivity contribution in [1.82, 2.24) is 9.78 Å². The molecule has 0 saturated heterocycles. The molecule has 0 saturated carbocycles. The van der Waals surface area contributed by atoms with Crippen LogP contribution in [-0.2, 0) is 19.4 Å². The first-order chi connectivity index (χ1) is 8.78. The number of aromatic nitrogens is 2. The zero-order valence-electron chi connectivity index (χ0n) is 10.7. The van der Waals surface area contributed by atoms with Gasteiger partial charge >= 0.3 is 0 Å². The highest BCUT2D eigenvalue weighted by atomic mass is 32.1. The summed E-state index contributed by atoms with van der Waals surface area (Å²) in [5.74, 6) is 0. The lowest BCUT2D eigenvalue weighted by atomic mass is 10.1. The fourth-order valence-electron chi connectivity index (χ4n) is 2.56. The van der Waals surface area contributed by atoms with E-state index in [9.17, 15) is 0 Å². The zero-order chi connectivity index (χ0) is 12.5. The van der Waals surface area contributed by atoms with E-state index < -0.39 is 0 Å². The second-order valence-electron chi connectivity index (χ2n) is 4.97. The summed E-state index contributed by atoms with van der Waals surface area (Å²) in [5, 5.41) is 4.36. The van der Waals surface area contributed by atoms with Gasteiger partial charge in [0.2, 0.25) is 0 Å². The third-order valence-corrected chi connectivity index (χ3v) is 4.86. The third-order valence-electron chi connectivity index (χ3n) is 3.54. The number of thiophene rings is 1. The topological polar surface area (TPSA) is 43.8 Å². The average Bonchev–Trinajstić information content (AvgIpc) is 3.02. The van der Waals surface area contributed by atoms with E-state index in [1.165, 1.54) is 29.7 Å². The Balaban J connectivity index is 1.81. The monoisotopic (exact) mass is 261 g/mol. The van der Waals surface area contributed by atoms with E-state index in [4.69, 9.17) is 5.73 Å². The van der Waals surface area contributed by atoms with E-state index in [2.05, 4.69) is 24.3 Å². The molecule has 0 spiro atoms. The number of rotatable bonds is 4. The number of hydrogen-bond donors (Lipinski definition) is 1. The van der Waals surface area contributed by atoms with Gasteiger partial charge < -0.3 is 5.73 Å². The number of nitrogens with zero attached hydrogens (tertiary/aromatic N) is 2. The summed E-state index contributed by atoms with van der Waals surface area (Å²) < 4.78 is 1.98. The van der Waals surface area contributed by atoms with Crippen LogP contribution in [0.5, 0.6) is 0 Å². The van der Waals surface area contributed by atoms with Gasteiger partial charge in [-0.05, 0) is 37.3 Å². The van der Waals surface area contributed by atoms with Crippen LogP contribution in [0.15, 0.2) is 18.5 Å². The molecular formula is C14H19N3S. The van der Waals surface area contributed by atoms with E-state index in [1.54, 1.807) is 4.88 Å². The maximum atomic E-state index is 6.34. The molecule has 96 valence electrons. The van der Waals surface area contributed by atoms with Crippen LogP contribution in [0.2, 0.25) is 0 Å². The smallest absolute Gasteiger partial charge is 0.0677 e. The molecule has 0 aliphatic heterocycles. The zero-order valence-corrected chi connectivity index (χ0v) is 11.5. The second kappa shape index (κ2) is 4.86. The fourth-order valence-corrected chi connectivity index (χ4v) is 3.85.